The number of hydrogen-bond donors (Lipinski definition) is 0. The number of carbonyl (C=O) groups excluding carboxylic acids is 1. The average Bonchev–Trinajstić information content (AvgIpc) is 2.87. The Balaban J connectivity index is 2.14. The Morgan fingerprint density at radius 2 is 2.00 bits per heavy atom. The second kappa shape index (κ2) is 4.42. The van der Waals surface area contributed by atoms with Crippen LogP contribution < -0.4 is 9.47 Å². The Labute approximate surface area is 111 Å². The number of amides is 1. The first-order valence-corrected chi connectivity index (χ1v) is 6.04. The van der Waals surface area contributed by atoms with Gasteiger partial charge in [-0.3, -0.25) is 9.79 Å². The molecule has 0 N–H and O–H groups in total. The van der Waals surface area contributed by atoms with Gasteiger partial charge >= 0.3 is 0 Å². The van der Waals surface area contributed by atoms with Gasteiger partial charge in [0, 0.05) is 18.5 Å². The normalized spacial score (nSPS) is 20.0. The van der Waals surface area contributed by atoms with Gasteiger partial charge in [0.1, 0.15) is 0 Å². The first-order valence-electron chi connectivity index (χ1n) is 6.04. The summed E-state index contributed by atoms with van der Waals surface area (Å²) in [5.41, 5.74) is 1.15. The number of aliphatic imine (C=N–C) groups is 1. The van der Waals surface area contributed by atoms with Crippen molar-refractivity contribution in [2.45, 2.75) is 12.5 Å². The fourth-order valence-electron chi connectivity index (χ4n) is 2.34. The van der Waals surface area contributed by atoms with E-state index >= 15 is 0 Å². The van der Waals surface area contributed by atoms with Gasteiger partial charge in [-0.2, -0.15) is 0 Å². The van der Waals surface area contributed by atoms with E-state index in [1.807, 2.05) is 12.3 Å². The molecular weight excluding hydrogens is 244 g/mol. The van der Waals surface area contributed by atoms with Crippen LogP contribution in [-0.4, -0.2) is 37.3 Å². The number of rotatable bonds is 2. The fraction of sp³-hybridized carbons (Fsp3) is 0.286. The van der Waals surface area contributed by atoms with Crippen molar-refractivity contribution >= 4 is 17.8 Å². The molecule has 2 aliphatic rings. The van der Waals surface area contributed by atoms with E-state index in [4.69, 9.17) is 9.47 Å². The predicted molar refractivity (Wildman–Crippen MR) is 71.4 cm³/mol. The van der Waals surface area contributed by atoms with Crippen LogP contribution >= 0.6 is 0 Å². The molecule has 2 aliphatic heterocycles. The van der Waals surface area contributed by atoms with Gasteiger partial charge in [0.2, 0.25) is 0 Å². The third-order valence-electron chi connectivity index (χ3n) is 3.35. The lowest BCUT2D eigenvalue weighted by atomic mass is 10.1. The van der Waals surface area contributed by atoms with Crippen LogP contribution in [0.5, 0.6) is 11.5 Å². The van der Waals surface area contributed by atoms with E-state index in [0.717, 1.165) is 6.42 Å². The summed E-state index contributed by atoms with van der Waals surface area (Å²) in [5, 5.41) is 0. The van der Waals surface area contributed by atoms with Gasteiger partial charge in [0.25, 0.3) is 5.91 Å². The Bertz CT molecular complexity index is 593. The van der Waals surface area contributed by atoms with E-state index in [1.165, 1.54) is 0 Å². The van der Waals surface area contributed by atoms with Crippen LogP contribution in [0.4, 0.5) is 5.69 Å². The SMILES string of the molecule is COc1cc2c(cc1OC)C(=O)N1C=CC[C@H]1C=N2. The topological polar surface area (TPSA) is 51.1 Å². The summed E-state index contributed by atoms with van der Waals surface area (Å²) in [6.07, 6.45) is 6.39. The Morgan fingerprint density at radius 1 is 1.26 bits per heavy atom. The molecule has 0 aromatic heterocycles. The molecule has 1 atom stereocenters. The van der Waals surface area contributed by atoms with Crippen LogP contribution in [0.2, 0.25) is 0 Å². The Hall–Kier alpha value is -2.30. The summed E-state index contributed by atoms with van der Waals surface area (Å²) < 4.78 is 10.5. The molecule has 0 radical (unpaired) electrons. The van der Waals surface area contributed by atoms with Crippen LogP contribution in [0, 0.1) is 0 Å². The number of methoxy groups -OCH3 is 2. The van der Waals surface area contributed by atoms with Crippen molar-refractivity contribution in [3.8, 4) is 11.5 Å². The van der Waals surface area contributed by atoms with Crippen molar-refractivity contribution < 1.29 is 14.3 Å². The van der Waals surface area contributed by atoms with Gasteiger partial charge < -0.3 is 14.4 Å². The van der Waals surface area contributed by atoms with E-state index < -0.39 is 0 Å². The first-order chi connectivity index (χ1) is 9.24. The van der Waals surface area contributed by atoms with Gasteiger partial charge in [-0.15, -0.1) is 0 Å². The van der Waals surface area contributed by atoms with Crippen molar-refractivity contribution in [2.24, 2.45) is 4.99 Å². The van der Waals surface area contributed by atoms with E-state index in [-0.39, 0.29) is 11.9 Å². The van der Waals surface area contributed by atoms with Crippen LogP contribution in [0.15, 0.2) is 29.4 Å². The maximum Gasteiger partial charge on any atom is 0.260 e. The smallest absolute Gasteiger partial charge is 0.260 e. The molecule has 0 fully saturated rings. The second-order valence-electron chi connectivity index (χ2n) is 4.40. The summed E-state index contributed by atoms with van der Waals surface area (Å²) in [7, 11) is 3.11. The van der Waals surface area contributed by atoms with Gasteiger partial charge in [-0.25, -0.2) is 0 Å². The van der Waals surface area contributed by atoms with E-state index in [0.29, 0.717) is 22.7 Å². The lowest BCUT2D eigenvalue weighted by molar-refractivity contribution is 0.0817. The number of benzene rings is 1. The lowest BCUT2D eigenvalue weighted by Crippen LogP contribution is -2.32. The molecule has 1 amide bonds. The first kappa shape index (κ1) is 11.8. The molecule has 0 bridgehead atoms. The van der Waals surface area contributed by atoms with Crippen molar-refractivity contribution in [3.63, 3.8) is 0 Å². The summed E-state index contributed by atoms with van der Waals surface area (Å²) in [6.45, 7) is 0. The number of ether oxygens (including phenoxy) is 2. The van der Waals surface area contributed by atoms with Crippen LogP contribution in [0.3, 0.4) is 0 Å². The van der Waals surface area contributed by atoms with Crippen LogP contribution in [0.25, 0.3) is 0 Å². The van der Waals surface area contributed by atoms with Gasteiger partial charge in [-0.1, -0.05) is 6.08 Å². The highest BCUT2D eigenvalue weighted by Crippen LogP contribution is 2.37. The summed E-state index contributed by atoms with van der Waals surface area (Å²) in [4.78, 5) is 18.6. The molecule has 98 valence electrons. The molecule has 0 spiro atoms. The fourth-order valence-corrected chi connectivity index (χ4v) is 2.34. The maximum atomic E-state index is 12.5. The molecule has 5 heteroatoms. The zero-order valence-electron chi connectivity index (χ0n) is 10.8. The summed E-state index contributed by atoms with van der Waals surface area (Å²) >= 11 is 0. The third kappa shape index (κ3) is 1.78. The largest absolute Gasteiger partial charge is 0.493 e. The summed E-state index contributed by atoms with van der Waals surface area (Å²) in [5.74, 6) is 1.04. The van der Waals surface area contributed by atoms with Gasteiger partial charge in [0.15, 0.2) is 11.5 Å². The third-order valence-corrected chi connectivity index (χ3v) is 3.35. The molecule has 2 heterocycles. The minimum atomic E-state index is -0.0628. The van der Waals surface area contributed by atoms with E-state index in [9.17, 15) is 4.79 Å². The Kier molecular flexibility index (Phi) is 2.74. The molecule has 0 unspecified atom stereocenters. The zero-order valence-corrected chi connectivity index (χ0v) is 10.8. The molecule has 5 nitrogen and oxygen atoms in total. The molecular formula is C14H14N2O3. The number of fused-ring (bicyclic) bond motifs is 2. The number of nitrogens with zero attached hydrogens (tertiary/aromatic N) is 2. The average molecular weight is 258 g/mol. The van der Waals surface area contributed by atoms with Gasteiger partial charge in [-0.05, 0) is 12.5 Å². The van der Waals surface area contributed by atoms with Gasteiger partial charge in [0.05, 0.1) is 31.5 Å². The molecule has 0 saturated heterocycles. The standard InChI is InChI=1S/C14H14N2O3/c1-18-12-6-10-11(7-13(12)19-2)15-8-9-4-3-5-16(9)14(10)17/h3,5-9H,4H2,1-2H3/t9-/m0/s1. The van der Waals surface area contributed by atoms with Crippen LogP contribution in [-0.2, 0) is 0 Å². The highest BCUT2D eigenvalue weighted by Gasteiger charge is 2.29. The maximum absolute atomic E-state index is 12.5. The highest BCUT2D eigenvalue weighted by atomic mass is 16.5. The van der Waals surface area contributed by atoms with Crippen molar-refractivity contribution in [1.82, 2.24) is 4.90 Å². The highest BCUT2D eigenvalue weighted by molar-refractivity contribution is 6.04. The van der Waals surface area contributed by atoms with Crippen molar-refractivity contribution in [1.29, 1.82) is 0 Å². The minimum Gasteiger partial charge on any atom is -0.493 e. The molecule has 1 aromatic rings. The quantitative estimate of drug-likeness (QED) is 0.816. The minimum absolute atomic E-state index is 0.0110. The summed E-state index contributed by atoms with van der Waals surface area (Å²) in [6, 6.07) is 3.42. The van der Waals surface area contributed by atoms with Crippen molar-refractivity contribution in [2.75, 3.05) is 14.2 Å². The lowest BCUT2D eigenvalue weighted by Gasteiger charge is -2.19. The van der Waals surface area contributed by atoms with Crippen LogP contribution in [0.1, 0.15) is 16.8 Å². The molecule has 0 aliphatic carbocycles. The second-order valence-corrected chi connectivity index (χ2v) is 4.40. The van der Waals surface area contributed by atoms with E-state index in [2.05, 4.69) is 4.99 Å². The predicted octanol–water partition coefficient (Wildman–Crippen LogP) is 2.15. The monoisotopic (exact) mass is 258 g/mol. The molecule has 19 heavy (non-hydrogen) atoms. The zero-order chi connectivity index (χ0) is 13.4. The molecule has 1 aromatic carbocycles. The number of hydrogen-bond acceptors (Lipinski definition) is 4. The Morgan fingerprint density at radius 3 is 2.74 bits per heavy atom. The molecule has 0 saturated carbocycles. The molecule has 3 rings (SSSR count). The van der Waals surface area contributed by atoms with E-state index in [1.54, 1.807) is 37.5 Å². The number of carbonyl (C=O) groups is 1. The van der Waals surface area contributed by atoms with Crippen molar-refractivity contribution in [3.05, 3.63) is 30.0 Å².